The molecule has 1 fully saturated rings. The first kappa shape index (κ1) is 14.0. The van der Waals surface area contributed by atoms with Gasteiger partial charge in [-0.3, -0.25) is 9.59 Å². The number of rotatable bonds is 3. The Morgan fingerprint density at radius 1 is 1.35 bits per heavy atom. The van der Waals surface area contributed by atoms with Crippen LogP contribution in [0.1, 0.15) is 38.5 Å². The minimum absolute atomic E-state index is 0.0894. The van der Waals surface area contributed by atoms with Gasteiger partial charge in [-0.25, -0.2) is 0 Å². The van der Waals surface area contributed by atoms with Gasteiger partial charge in [-0.1, -0.05) is 0 Å². The van der Waals surface area contributed by atoms with Gasteiger partial charge < -0.3 is 4.90 Å². The van der Waals surface area contributed by atoms with Crippen LogP contribution < -0.4 is 0 Å². The average Bonchev–Trinajstić information content (AvgIpc) is 2.25. The molecule has 1 rings (SSSR count). The van der Waals surface area contributed by atoms with Crippen molar-refractivity contribution in [1.29, 1.82) is 0 Å². The monoisotopic (exact) mass is 251 g/mol. The van der Waals surface area contributed by atoms with Crippen LogP contribution >= 0.6 is 0 Å². The highest BCUT2D eigenvalue weighted by Gasteiger charge is 2.30. The van der Waals surface area contributed by atoms with Gasteiger partial charge in [0.25, 0.3) is 0 Å². The van der Waals surface area contributed by atoms with E-state index < -0.39 is 24.9 Å². The summed E-state index contributed by atoms with van der Waals surface area (Å²) in [6.07, 6.45) is -3.92. The molecule has 0 bridgehead atoms. The lowest BCUT2D eigenvalue weighted by atomic mass is 9.93. The molecule has 0 aromatic carbocycles. The normalized spacial score (nSPS) is 18.2. The zero-order valence-electron chi connectivity index (χ0n) is 9.72. The van der Waals surface area contributed by atoms with Gasteiger partial charge in [0.15, 0.2) is 0 Å². The molecule has 17 heavy (non-hydrogen) atoms. The van der Waals surface area contributed by atoms with Crippen molar-refractivity contribution in [2.75, 3.05) is 7.05 Å². The Morgan fingerprint density at radius 2 is 1.88 bits per heavy atom. The van der Waals surface area contributed by atoms with Crippen LogP contribution in [0, 0.1) is 0 Å². The summed E-state index contributed by atoms with van der Waals surface area (Å²) in [6.45, 7) is 0. The summed E-state index contributed by atoms with van der Waals surface area (Å²) in [5.74, 6) is -0.334. The molecule has 3 nitrogen and oxygen atoms in total. The summed E-state index contributed by atoms with van der Waals surface area (Å²) in [7, 11) is 1.51. The van der Waals surface area contributed by atoms with E-state index >= 15 is 0 Å². The Bertz CT molecular complexity index is 292. The van der Waals surface area contributed by atoms with Crippen LogP contribution in [0.4, 0.5) is 13.2 Å². The first-order valence-corrected chi connectivity index (χ1v) is 5.63. The van der Waals surface area contributed by atoms with E-state index in [1.54, 1.807) is 0 Å². The maximum atomic E-state index is 12.0. The second-order valence-corrected chi connectivity index (χ2v) is 4.39. The molecule has 0 saturated heterocycles. The summed E-state index contributed by atoms with van der Waals surface area (Å²) >= 11 is 0. The highest BCUT2D eigenvalue weighted by Crippen LogP contribution is 2.24. The minimum atomic E-state index is -4.29. The predicted molar refractivity (Wildman–Crippen MR) is 55.3 cm³/mol. The molecule has 0 unspecified atom stereocenters. The van der Waals surface area contributed by atoms with Crippen LogP contribution in [-0.2, 0) is 9.59 Å². The fourth-order valence-electron chi connectivity index (χ4n) is 1.94. The van der Waals surface area contributed by atoms with E-state index in [2.05, 4.69) is 0 Å². The fourth-order valence-corrected chi connectivity index (χ4v) is 1.94. The average molecular weight is 251 g/mol. The molecule has 0 N–H and O–H groups in total. The molecule has 0 spiro atoms. The maximum Gasteiger partial charge on any atom is 0.389 e. The number of amides is 1. The quantitative estimate of drug-likeness (QED) is 0.771. The molecule has 0 aliphatic heterocycles. The summed E-state index contributed by atoms with van der Waals surface area (Å²) in [6, 6.07) is -0.0894. The Morgan fingerprint density at radius 3 is 2.35 bits per heavy atom. The molecule has 1 aliphatic rings. The van der Waals surface area contributed by atoms with Crippen molar-refractivity contribution >= 4 is 11.7 Å². The summed E-state index contributed by atoms with van der Waals surface area (Å²) in [5.41, 5.74) is 0. The molecular weight excluding hydrogens is 235 g/mol. The zero-order chi connectivity index (χ0) is 13.1. The predicted octanol–water partition coefficient (Wildman–Crippen LogP) is 2.30. The van der Waals surface area contributed by atoms with Crippen molar-refractivity contribution in [3.05, 3.63) is 0 Å². The topological polar surface area (TPSA) is 37.4 Å². The van der Waals surface area contributed by atoms with Gasteiger partial charge in [-0.05, 0) is 12.8 Å². The highest BCUT2D eigenvalue weighted by atomic mass is 19.4. The van der Waals surface area contributed by atoms with E-state index in [1.807, 2.05) is 0 Å². The lowest BCUT2D eigenvalue weighted by Gasteiger charge is -2.30. The molecule has 1 aliphatic carbocycles. The number of halogens is 3. The number of Topliss-reactive ketones (excluding diaryl/α,β-unsaturated/α-hetero) is 1. The van der Waals surface area contributed by atoms with Gasteiger partial charge in [-0.2, -0.15) is 13.2 Å². The highest BCUT2D eigenvalue weighted by molar-refractivity contribution is 5.80. The number of carbonyl (C=O) groups is 2. The number of hydrogen-bond donors (Lipinski definition) is 0. The first-order valence-electron chi connectivity index (χ1n) is 5.63. The molecule has 1 saturated carbocycles. The third-order valence-electron chi connectivity index (χ3n) is 3.08. The fraction of sp³-hybridized carbons (Fsp3) is 0.818. The number of ketones is 1. The summed E-state index contributed by atoms with van der Waals surface area (Å²) in [5, 5.41) is 0. The lowest BCUT2D eigenvalue weighted by molar-refractivity contribution is -0.150. The van der Waals surface area contributed by atoms with E-state index in [-0.39, 0.29) is 11.8 Å². The van der Waals surface area contributed by atoms with Crippen molar-refractivity contribution in [2.45, 2.75) is 50.7 Å². The van der Waals surface area contributed by atoms with Crippen molar-refractivity contribution in [1.82, 2.24) is 4.90 Å². The van der Waals surface area contributed by atoms with Gasteiger partial charge >= 0.3 is 6.18 Å². The van der Waals surface area contributed by atoms with Crippen molar-refractivity contribution < 1.29 is 22.8 Å². The van der Waals surface area contributed by atoms with E-state index in [1.165, 1.54) is 11.9 Å². The first-order chi connectivity index (χ1) is 7.79. The number of hydrogen-bond acceptors (Lipinski definition) is 2. The van der Waals surface area contributed by atoms with E-state index in [4.69, 9.17) is 0 Å². The largest absolute Gasteiger partial charge is 0.389 e. The lowest BCUT2D eigenvalue weighted by Crippen LogP contribution is -2.39. The van der Waals surface area contributed by atoms with Gasteiger partial charge in [0.2, 0.25) is 5.91 Å². The molecule has 0 radical (unpaired) electrons. The number of nitrogens with zero attached hydrogens (tertiary/aromatic N) is 1. The van der Waals surface area contributed by atoms with Gasteiger partial charge in [0, 0.05) is 32.4 Å². The molecule has 6 heteroatoms. The van der Waals surface area contributed by atoms with E-state index in [0.717, 1.165) is 0 Å². The van der Waals surface area contributed by atoms with Crippen molar-refractivity contribution in [3.63, 3.8) is 0 Å². The van der Waals surface area contributed by atoms with Crippen LogP contribution in [0.15, 0.2) is 0 Å². The molecule has 0 aromatic rings. The van der Waals surface area contributed by atoms with Gasteiger partial charge in [0.05, 0.1) is 6.42 Å². The van der Waals surface area contributed by atoms with Crippen LogP contribution in [-0.4, -0.2) is 35.9 Å². The molecule has 0 atom stereocenters. The third kappa shape index (κ3) is 4.75. The summed E-state index contributed by atoms with van der Waals surface area (Å²) < 4.78 is 35.9. The van der Waals surface area contributed by atoms with E-state index in [9.17, 15) is 22.8 Å². The van der Waals surface area contributed by atoms with Gasteiger partial charge in [0.1, 0.15) is 5.78 Å². The van der Waals surface area contributed by atoms with Crippen molar-refractivity contribution in [2.24, 2.45) is 0 Å². The Balaban J connectivity index is 2.38. The molecule has 0 heterocycles. The SMILES string of the molecule is CN(C(=O)CCC(F)(F)F)C1CCC(=O)CC1. The summed E-state index contributed by atoms with van der Waals surface area (Å²) in [4.78, 5) is 23.9. The molecular formula is C11H16F3NO2. The third-order valence-corrected chi connectivity index (χ3v) is 3.08. The number of alkyl halides is 3. The van der Waals surface area contributed by atoms with Gasteiger partial charge in [-0.15, -0.1) is 0 Å². The van der Waals surface area contributed by atoms with Crippen LogP contribution in [0.2, 0.25) is 0 Å². The molecule has 98 valence electrons. The van der Waals surface area contributed by atoms with Crippen LogP contribution in [0.5, 0.6) is 0 Å². The second kappa shape index (κ2) is 5.51. The van der Waals surface area contributed by atoms with Crippen LogP contribution in [0.25, 0.3) is 0 Å². The minimum Gasteiger partial charge on any atom is -0.343 e. The molecule has 1 amide bonds. The van der Waals surface area contributed by atoms with Crippen LogP contribution in [0.3, 0.4) is 0 Å². The van der Waals surface area contributed by atoms with Crippen molar-refractivity contribution in [3.8, 4) is 0 Å². The Labute approximate surface area is 98.0 Å². The number of carbonyl (C=O) groups excluding carboxylic acids is 2. The second-order valence-electron chi connectivity index (χ2n) is 4.39. The zero-order valence-corrected chi connectivity index (χ0v) is 9.72. The maximum absolute atomic E-state index is 12.0. The van der Waals surface area contributed by atoms with E-state index in [0.29, 0.717) is 25.7 Å². The Kier molecular flexibility index (Phi) is 4.54. The Hall–Kier alpha value is -1.07. The molecule has 0 aromatic heterocycles. The standard InChI is InChI=1S/C11H16F3NO2/c1-15(8-2-4-9(16)5-3-8)10(17)6-7-11(12,13)14/h8H,2-7H2,1H3. The smallest absolute Gasteiger partial charge is 0.343 e.